The average Bonchev–Trinajstić information content (AvgIpc) is 3.55. The number of pyridine rings is 1. The van der Waals surface area contributed by atoms with Crippen LogP contribution in [0.5, 0.6) is 10.9 Å². The van der Waals surface area contributed by atoms with Crippen molar-refractivity contribution in [2.75, 3.05) is 26.2 Å². The van der Waals surface area contributed by atoms with Crippen LogP contribution in [-0.2, 0) is 16.1 Å². The SMILES string of the molecule is CC(C)(C)OC(=O)ON1CC2CN(Cc3coc4cc(Oc5nc6ncccc6s5)ccc34)CC2C1. The molecule has 0 radical (unpaired) electrons. The first kappa shape index (κ1) is 23.2. The molecule has 0 spiro atoms. The summed E-state index contributed by atoms with van der Waals surface area (Å²) in [4.78, 5) is 28.5. The van der Waals surface area contributed by atoms with Gasteiger partial charge in [0.15, 0.2) is 5.65 Å². The van der Waals surface area contributed by atoms with Crippen LogP contribution >= 0.6 is 11.3 Å². The Morgan fingerprint density at radius 1 is 1.17 bits per heavy atom. The van der Waals surface area contributed by atoms with E-state index in [1.807, 2.05) is 57.4 Å². The topological polar surface area (TPSA) is 90.2 Å². The zero-order chi connectivity index (χ0) is 24.9. The van der Waals surface area contributed by atoms with Gasteiger partial charge in [-0.15, -0.1) is 5.06 Å². The van der Waals surface area contributed by atoms with Gasteiger partial charge in [-0.05, 0) is 56.9 Å². The molecule has 6 rings (SSSR count). The number of benzene rings is 1. The largest absolute Gasteiger partial charge is 0.528 e. The van der Waals surface area contributed by atoms with Gasteiger partial charge in [-0.1, -0.05) is 11.3 Å². The van der Waals surface area contributed by atoms with Crippen LogP contribution in [0.2, 0.25) is 0 Å². The van der Waals surface area contributed by atoms with Crippen molar-refractivity contribution in [3.63, 3.8) is 0 Å². The number of carbonyl (C=O) groups is 1. The second kappa shape index (κ2) is 9.02. The number of hydrogen-bond donors (Lipinski definition) is 0. The Labute approximate surface area is 212 Å². The summed E-state index contributed by atoms with van der Waals surface area (Å²) < 4.78 is 18.1. The van der Waals surface area contributed by atoms with E-state index in [4.69, 9.17) is 18.7 Å². The van der Waals surface area contributed by atoms with Gasteiger partial charge in [0, 0.05) is 55.9 Å². The molecular formula is C26H28N4O5S. The highest BCUT2D eigenvalue weighted by atomic mass is 32.1. The first-order valence-electron chi connectivity index (χ1n) is 12.1. The quantitative estimate of drug-likeness (QED) is 0.326. The van der Waals surface area contributed by atoms with Crippen LogP contribution in [0.15, 0.2) is 47.2 Å². The summed E-state index contributed by atoms with van der Waals surface area (Å²) in [5.41, 5.74) is 2.07. The molecule has 2 unspecified atom stereocenters. The number of ether oxygens (including phenoxy) is 2. The van der Waals surface area contributed by atoms with Crippen LogP contribution in [0.25, 0.3) is 21.3 Å². The number of fused-ring (bicyclic) bond motifs is 3. The predicted molar refractivity (Wildman–Crippen MR) is 135 cm³/mol. The lowest BCUT2D eigenvalue weighted by molar-refractivity contribution is -0.134. The highest BCUT2D eigenvalue weighted by molar-refractivity contribution is 7.20. The molecule has 9 nitrogen and oxygen atoms in total. The summed E-state index contributed by atoms with van der Waals surface area (Å²) in [7, 11) is 0. The van der Waals surface area contributed by atoms with E-state index in [2.05, 4.69) is 14.9 Å². The van der Waals surface area contributed by atoms with Gasteiger partial charge in [0.2, 0.25) is 0 Å². The fraction of sp³-hybridized carbons (Fsp3) is 0.423. The third-order valence-corrected chi connectivity index (χ3v) is 7.38. The van der Waals surface area contributed by atoms with Crippen LogP contribution in [0.4, 0.5) is 4.79 Å². The highest BCUT2D eigenvalue weighted by Crippen LogP contribution is 2.35. The lowest BCUT2D eigenvalue weighted by Crippen LogP contribution is -2.33. The van der Waals surface area contributed by atoms with Crippen LogP contribution < -0.4 is 4.74 Å². The summed E-state index contributed by atoms with van der Waals surface area (Å²) in [6.07, 6.45) is 2.93. The van der Waals surface area contributed by atoms with Crippen LogP contribution in [0, 0.1) is 11.8 Å². The van der Waals surface area contributed by atoms with Crippen molar-refractivity contribution in [3.8, 4) is 10.9 Å². The molecule has 2 aliphatic heterocycles. The Hall–Kier alpha value is -3.21. The molecule has 2 atom stereocenters. The minimum absolute atomic E-state index is 0.467. The summed E-state index contributed by atoms with van der Waals surface area (Å²) in [5, 5.41) is 3.39. The number of aromatic nitrogens is 2. The first-order valence-corrected chi connectivity index (χ1v) is 12.9. The van der Waals surface area contributed by atoms with Gasteiger partial charge in [-0.2, -0.15) is 4.98 Å². The van der Waals surface area contributed by atoms with Crippen molar-refractivity contribution in [2.24, 2.45) is 11.8 Å². The number of rotatable bonds is 5. The molecule has 0 aliphatic carbocycles. The fourth-order valence-electron chi connectivity index (χ4n) is 5.01. The molecule has 5 heterocycles. The molecule has 3 aromatic heterocycles. The molecule has 0 saturated carbocycles. The summed E-state index contributed by atoms with van der Waals surface area (Å²) in [5.74, 6) is 1.62. The zero-order valence-electron chi connectivity index (χ0n) is 20.5. The maximum atomic E-state index is 12.0. The minimum atomic E-state index is -0.632. The van der Waals surface area contributed by atoms with Gasteiger partial charge in [0.05, 0.1) is 11.0 Å². The summed E-state index contributed by atoms with van der Waals surface area (Å²) in [6.45, 7) is 9.69. The molecule has 36 heavy (non-hydrogen) atoms. The van der Waals surface area contributed by atoms with Gasteiger partial charge in [-0.25, -0.2) is 9.78 Å². The molecule has 0 N–H and O–H groups in total. The molecule has 2 aliphatic rings. The Kier molecular flexibility index (Phi) is 5.82. The van der Waals surface area contributed by atoms with E-state index in [0.29, 0.717) is 28.4 Å². The minimum Gasteiger partial charge on any atom is -0.464 e. The maximum Gasteiger partial charge on any atom is 0.528 e. The zero-order valence-corrected chi connectivity index (χ0v) is 21.3. The second-order valence-electron chi connectivity index (χ2n) is 10.4. The predicted octanol–water partition coefficient (Wildman–Crippen LogP) is 5.46. The first-order chi connectivity index (χ1) is 17.3. The lowest BCUT2D eigenvalue weighted by Gasteiger charge is -2.23. The standard InChI is InChI=1S/C26H28N4O5S/c1-26(2,3)34-25(31)35-30-13-16-10-29(11-17(16)14-30)12-18-15-32-21-9-19(6-7-20(18)21)33-24-28-23-22(36-24)5-4-8-27-23/h4-9,15-17H,10-14H2,1-3H3. The van der Waals surface area contributed by atoms with Gasteiger partial charge >= 0.3 is 6.16 Å². The lowest BCUT2D eigenvalue weighted by atomic mass is 10.0. The van der Waals surface area contributed by atoms with Gasteiger partial charge in [0.25, 0.3) is 5.19 Å². The summed E-state index contributed by atoms with van der Waals surface area (Å²) in [6, 6.07) is 9.77. The second-order valence-corrected chi connectivity index (χ2v) is 11.4. The highest BCUT2D eigenvalue weighted by Gasteiger charge is 2.42. The van der Waals surface area contributed by atoms with Gasteiger partial charge in [0.1, 0.15) is 16.9 Å². The molecule has 2 fully saturated rings. The Morgan fingerprint density at radius 3 is 2.72 bits per heavy atom. The van der Waals surface area contributed by atoms with E-state index < -0.39 is 11.8 Å². The van der Waals surface area contributed by atoms with E-state index in [0.717, 1.165) is 54.0 Å². The van der Waals surface area contributed by atoms with Crippen LogP contribution in [-0.4, -0.2) is 57.9 Å². The molecule has 2 saturated heterocycles. The van der Waals surface area contributed by atoms with Crippen molar-refractivity contribution in [1.29, 1.82) is 0 Å². The van der Waals surface area contributed by atoms with Crippen molar-refractivity contribution in [3.05, 3.63) is 48.4 Å². The maximum absolute atomic E-state index is 12.0. The smallest absolute Gasteiger partial charge is 0.464 e. The normalized spacial score (nSPS) is 20.8. The third kappa shape index (κ3) is 4.88. The van der Waals surface area contributed by atoms with E-state index in [1.54, 1.807) is 11.3 Å². The number of nitrogens with zero attached hydrogens (tertiary/aromatic N) is 4. The van der Waals surface area contributed by atoms with Gasteiger partial charge in [-0.3, -0.25) is 4.90 Å². The van der Waals surface area contributed by atoms with Gasteiger partial charge < -0.3 is 18.7 Å². The Morgan fingerprint density at radius 2 is 1.97 bits per heavy atom. The Bertz CT molecular complexity index is 1360. The van der Waals surface area contributed by atoms with E-state index >= 15 is 0 Å². The molecule has 0 amide bonds. The number of thiazole rings is 1. The average molecular weight is 509 g/mol. The summed E-state index contributed by atoms with van der Waals surface area (Å²) >= 11 is 1.47. The Balaban J connectivity index is 1.06. The molecule has 4 aromatic rings. The molecule has 1 aromatic carbocycles. The van der Waals surface area contributed by atoms with E-state index in [9.17, 15) is 4.79 Å². The molecule has 0 bridgehead atoms. The monoisotopic (exact) mass is 508 g/mol. The number of carbonyl (C=O) groups excluding carboxylic acids is 1. The fourth-order valence-corrected chi connectivity index (χ4v) is 5.80. The van der Waals surface area contributed by atoms with E-state index in [1.165, 1.54) is 11.3 Å². The number of hydroxylamine groups is 2. The van der Waals surface area contributed by atoms with Crippen LogP contribution in [0.1, 0.15) is 26.3 Å². The van der Waals surface area contributed by atoms with Crippen molar-refractivity contribution in [1.82, 2.24) is 19.9 Å². The van der Waals surface area contributed by atoms with E-state index in [-0.39, 0.29) is 0 Å². The van der Waals surface area contributed by atoms with Crippen molar-refractivity contribution >= 4 is 38.8 Å². The molecular weight excluding hydrogens is 480 g/mol. The number of likely N-dealkylation sites (tertiary alicyclic amines) is 1. The third-order valence-electron chi connectivity index (χ3n) is 6.49. The van der Waals surface area contributed by atoms with Crippen molar-refractivity contribution < 1.29 is 23.5 Å². The number of hydrogen-bond acceptors (Lipinski definition) is 10. The van der Waals surface area contributed by atoms with Crippen LogP contribution in [0.3, 0.4) is 0 Å². The molecule has 10 heteroatoms. The molecule has 188 valence electrons. The van der Waals surface area contributed by atoms with Crippen molar-refractivity contribution in [2.45, 2.75) is 32.9 Å². The number of furan rings is 1.